The number of nitrogens with one attached hydrogen (secondary N) is 2. The molecule has 0 bridgehead atoms. The third-order valence-corrected chi connectivity index (χ3v) is 4.59. The van der Waals surface area contributed by atoms with Gasteiger partial charge in [0.05, 0.1) is 6.54 Å². The maximum absolute atomic E-state index is 12.2. The largest absolute Gasteiger partial charge is 0.347 e. The highest BCUT2D eigenvalue weighted by molar-refractivity contribution is 7.15. The number of pyridine rings is 1. The van der Waals surface area contributed by atoms with Crippen LogP contribution in [0, 0.1) is 0 Å². The van der Waals surface area contributed by atoms with E-state index >= 15 is 0 Å². The van der Waals surface area contributed by atoms with Crippen molar-refractivity contribution < 1.29 is 4.79 Å². The Kier molecular flexibility index (Phi) is 4.86. The molecule has 0 fully saturated rings. The van der Waals surface area contributed by atoms with Gasteiger partial charge in [-0.3, -0.25) is 9.59 Å². The molecule has 0 spiro atoms. The zero-order valence-corrected chi connectivity index (χ0v) is 14.0. The van der Waals surface area contributed by atoms with Gasteiger partial charge in [-0.05, 0) is 12.5 Å². The summed E-state index contributed by atoms with van der Waals surface area (Å²) in [4.78, 5) is 31.9. The van der Waals surface area contributed by atoms with Gasteiger partial charge in [-0.15, -0.1) is 11.3 Å². The van der Waals surface area contributed by atoms with E-state index < -0.39 is 0 Å². The number of aromatic nitrogens is 2. The Morgan fingerprint density at radius 1 is 1.25 bits per heavy atom. The molecule has 0 aliphatic rings. The Bertz CT molecular complexity index is 900. The second-order valence-corrected chi connectivity index (χ2v) is 6.41. The number of rotatable bonds is 5. The van der Waals surface area contributed by atoms with Crippen LogP contribution in [-0.4, -0.2) is 15.9 Å². The van der Waals surface area contributed by atoms with Crippen molar-refractivity contribution >= 4 is 17.2 Å². The number of benzene rings is 1. The van der Waals surface area contributed by atoms with Crippen molar-refractivity contribution in [1.82, 2.24) is 15.3 Å². The molecule has 0 atom stereocenters. The Morgan fingerprint density at radius 3 is 2.79 bits per heavy atom. The molecule has 2 N–H and O–H groups in total. The van der Waals surface area contributed by atoms with Crippen LogP contribution < -0.4 is 10.9 Å². The fourth-order valence-electron chi connectivity index (χ4n) is 2.30. The van der Waals surface area contributed by atoms with Gasteiger partial charge in [0.1, 0.15) is 5.01 Å². The summed E-state index contributed by atoms with van der Waals surface area (Å²) in [6, 6.07) is 12.9. The fraction of sp³-hybridized carbons (Fsp3) is 0.167. The summed E-state index contributed by atoms with van der Waals surface area (Å²) in [5, 5.41) is 3.76. The van der Waals surface area contributed by atoms with Crippen molar-refractivity contribution in [3.63, 3.8) is 0 Å². The molecule has 24 heavy (non-hydrogen) atoms. The van der Waals surface area contributed by atoms with Crippen LogP contribution in [-0.2, 0) is 13.0 Å². The summed E-state index contributed by atoms with van der Waals surface area (Å²) < 4.78 is 0. The van der Waals surface area contributed by atoms with Crippen LogP contribution in [0.15, 0.2) is 53.5 Å². The quantitative estimate of drug-likeness (QED) is 0.750. The predicted octanol–water partition coefficient (Wildman–Crippen LogP) is 2.99. The molecule has 0 saturated heterocycles. The van der Waals surface area contributed by atoms with E-state index in [0.29, 0.717) is 18.5 Å². The first-order chi connectivity index (χ1) is 11.7. The average molecular weight is 339 g/mol. The number of nitrogens with zero attached hydrogens (tertiary/aromatic N) is 1. The number of aryl methyl sites for hydroxylation is 1. The molecule has 0 aliphatic carbocycles. The molecule has 5 nitrogen and oxygen atoms in total. The Labute approximate surface area is 143 Å². The summed E-state index contributed by atoms with van der Waals surface area (Å²) in [5.41, 5.74) is 1.92. The van der Waals surface area contributed by atoms with Crippen molar-refractivity contribution in [3.05, 3.63) is 75.1 Å². The molecule has 1 amide bonds. The lowest BCUT2D eigenvalue weighted by Crippen LogP contribution is -2.24. The second kappa shape index (κ2) is 7.23. The minimum atomic E-state index is -0.261. The van der Waals surface area contributed by atoms with Crippen molar-refractivity contribution in [3.8, 4) is 10.6 Å². The van der Waals surface area contributed by atoms with Gasteiger partial charge in [0.2, 0.25) is 5.56 Å². The lowest BCUT2D eigenvalue weighted by molar-refractivity contribution is 0.0951. The molecule has 0 aliphatic heterocycles. The van der Waals surface area contributed by atoms with Crippen LogP contribution in [0.4, 0.5) is 0 Å². The Morgan fingerprint density at radius 2 is 2.04 bits per heavy atom. The maximum atomic E-state index is 12.2. The molecule has 0 radical (unpaired) electrons. The smallest absolute Gasteiger partial charge is 0.251 e. The van der Waals surface area contributed by atoms with Crippen molar-refractivity contribution in [1.29, 1.82) is 0 Å². The molecular formula is C18H17N3O2S. The number of carbonyl (C=O) groups excluding carboxylic acids is 1. The van der Waals surface area contributed by atoms with Gasteiger partial charge in [0, 0.05) is 34.0 Å². The van der Waals surface area contributed by atoms with Crippen LogP contribution in [0.2, 0.25) is 0 Å². The van der Waals surface area contributed by atoms with E-state index in [1.165, 1.54) is 6.07 Å². The first-order valence-corrected chi connectivity index (χ1v) is 8.49. The zero-order valence-electron chi connectivity index (χ0n) is 13.2. The summed E-state index contributed by atoms with van der Waals surface area (Å²) in [5.74, 6) is -0.259. The van der Waals surface area contributed by atoms with Gasteiger partial charge in [0.25, 0.3) is 5.91 Å². The summed E-state index contributed by atoms with van der Waals surface area (Å²) in [6.07, 6.45) is 2.44. The highest BCUT2D eigenvalue weighted by Crippen LogP contribution is 2.24. The normalized spacial score (nSPS) is 10.5. The number of amides is 1. The van der Waals surface area contributed by atoms with Crippen LogP contribution >= 0.6 is 11.3 Å². The van der Waals surface area contributed by atoms with Crippen LogP contribution in [0.5, 0.6) is 0 Å². The van der Waals surface area contributed by atoms with E-state index in [4.69, 9.17) is 0 Å². The summed E-state index contributed by atoms with van der Waals surface area (Å²) >= 11 is 1.54. The minimum absolute atomic E-state index is 0.259. The van der Waals surface area contributed by atoms with Crippen molar-refractivity contribution in [2.24, 2.45) is 0 Å². The summed E-state index contributed by atoms with van der Waals surface area (Å²) in [7, 11) is 0. The van der Waals surface area contributed by atoms with Gasteiger partial charge >= 0.3 is 0 Å². The van der Waals surface area contributed by atoms with Crippen LogP contribution in [0.3, 0.4) is 0 Å². The van der Waals surface area contributed by atoms with Gasteiger partial charge in [-0.2, -0.15) is 0 Å². The number of aromatic amines is 1. The van der Waals surface area contributed by atoms with E-state index in [1.54, 1.807) is 23.6 Å². The molecular weight excluding hydrogens is 322 g/mol. The second-order valence-electron chi connectivity index (χ2n) is 5.29. The lowest BCUT2D eigenvalue weighted by Gasteiger charge is -2.04. The fourth-order valence-corrected chi connectivity index (χ4v) is 3.15. The van der Waals surface area contributed by atoms with Gasteiger partial charge in [0.15, 0.2) is 0 Å². The number of thiazole rings is 1. The SMILES string of the molecule is CCc1cc(C(=O)NCc2cnc(-c3ccccc3)s2)cc(=O)[nH]1. The zero-order chi connectivity index (χ0) is 16.9. The lowest BCUT2D eigenvalue weighted by atomic mass is 10.2. The average Bonchev–Trinajstić information content (AvgIpc) is 3.09. The van der Waals surface area contributed by atoms with Crippen molar-refractivity contribution in [2.75, 3.05) is 0 Å². The van der Waals surface area contributed by atoms with E-state index in [9.17, 15) is 9.59 Å². The van der Waals surface area contributed by atoms with E-state index in [2.05, 4.69) is 15.3 Å². The summed E-state index contributed by atoms with van der Waals surface area (Å²) in [6.45, 7) is 2.31. The number of hydrogen-bond donors (Lipinski definition) is 2. The Hall–Kier alpha value is -2.73. The topological polar surface area (TPSA) is 74.8 Å². The third kappa shape index (κ3) is 3.78. The highest BCUT2D eigenvalue weighted by Gasteiger charge is 2.09. The third-order valence-electron chi connectivity index (χ3n) is 3.54. The predicted molar refractivity (Wildman–Crippen MR) is 95.2 cm³/mol. The van der Waals surface area contributed by atoms with Crippen LogP contribution in [0.1, 0.15) is 27.9 Å². The molecule has 2 heterocycles. The van der Waals surface area contributed by atoms with E-state index in [0.717, 1.165) is 21.1 Å². The molecule has 2 aromatic heterocycles. The highest BCUT2D eigenvalue weighted by atomic mass is 32.1. The number of carbonyl (C=O) groups is 1. The standard InChI is InChI=1S/C18H17N3O2S/c1-2-14-8-13(9-16(22)21-14)17(23)19-10-15-11-20-18(24-15)12-6-4-3-5-7-12/h3-9,11H,2,10H2,1H3,(H,19,23)(H,21,22). The molecule has 0 unspecified atom stereocenters. The van der Waals surface area contributed by atoms with E-state index in [-0.39, 0.29) is 11.5 Å². The van der Waals surface area contributed by atoms with Crippen molar-refractivity contribution in [2.45, 2.75) is 19.9 Å². The maximum Gasteiger partial charge on any atom is 0.251 e. The molecule has 122 valence electrons. The number of hydrogen-bond acceptors (Lipinski definition) is 4. The van der Waals surface area contributed by atoms with Gasteiger partial charge < -0.3 is 10.3 Å². The monoisotopic (exact) mass is 339 g/mol. The molecule has 6 heteroatoms. The molecule has 3 aromatic rings. The first-order valence-electron chi connectivity index (χ1n) is 7.67. The van der Waals surface area contributed by atoms with E-state index in [1.807, 2.05) is 37.3 Å². The van der Waals surface area contributed by atoms with Gasteiger partial charge in [-0.25, -0.2) is 4.98 Å². The molecule has 1 aromatic carbocycles. The first kappa shape index (κ1) is 16.1. The number of H-pyrrole nitrogens is 1. The minimum Gasteiger partial charge on any atom is -0.347 e. The molecule has 0 saturated carbocycles. The van der Waals surface area contributed by atoms with Crippen LogP contribution in [0.25, 0.3) is 10.6 Å². The Balaban J connectivity index is 1.68. The van der Waals surface area contributed by atoms with Gasteiger partial charge in [-0.1, -0.05) is 37.3 Å². The molecule has 3 rings (SSSR count).